The van der Waals surface area contributed by atoms with Crippen LogP contribution in [0.5, 0.6) is 0 Å². The number of primary amides is 1. The Bertz CT molecular complexity index is 928. The van der Waals surface area contributed by atoms with Gasteiger partial charge < -0.3 is 10.6 Å². The van der Waals surface area contributed by atoms with Crippen molar-refractivity contribution < 1.29 is 4.79 Å². The molecule has 2 N–H and O–H groups in total. The number of rotatable bonds is 5. The Morgan fingerprint density at radius 3 is 2.18 bits per heavy atom. The van der Waals surface area contributed by atoms with E-state index in [0.29, 0.717) is 6.04 Å². The van der Waals surface area contributed by atoms with Gasteiger partial charge in [0.1, 0.15) is 0 Å². The maximum atomic E-state index is 12.5. The van der Waals surface area contributed by atoms with Gasteiger partial charge in [0.2, 0.25) is 0 Å². The number of nitrogens with two attached hydrogens (primary N) is 1. The van der Waals surface area contributed by atoms with Gasteiger partial charge in [-0.25, -0.2) is 4.79 Å². The maximum absolute atomic E-state index is 12.5. The normalized spacial score (nSPS) is 10.1. The van der Waals surface area contributed by atoms with Gasteiger partial charge in [-0.15, -0.1) is 24.8 Å². The van der Waals surface area contributed by atoms with Crippen molar-refractivity contribution in [3.63, 3.8) is 0 Å². The van der Waals surface area contributed by atoms with Crippen LogP contribution in [-0.2, 0) is 0 Å². The molecule has 7 heteroatoms. The summed E-state index contributed by atoms with van der Waals surface area (Å²) >= 11 is 0. The Morgan fingerprint density at radius 2 is 1.57 bits per heavy atom. The van der Waals surface area contributed by atoms with Crippen LogP contribution in [0.2, 0.25) is 0 Å². The van der Waals surface area contributed by atoms with E-state index in [9.17, 15) is 4.79 Å². The highest BCUT2D eigenvalue weighted by Gasteiger charge is 2.23. The van der Waals surface area contributed by atoms with Gasteiger partial charge in [-0.05, 0) is 45.0 Å². The molecule has 3 rings (SSSR count). The number of fused-ring (bicyclic) bond motifs is 1. The molecule has 0 aliphatic heterocycles. The molecule has 28 heavy (non-hydrogen) atoms. The highest BCUT2D eigenvalue weighted by Crippen LogP contribution is 2.37. The van der Waals surface area contributed by atoms with Gasteiger partial charge in [-0.3, -0.25) is 9.88 Å². The number of hydrogen-bond donors (Lipinski definition) is 1. The SMILES string of the molecule is CCN(c1ccccc1N(C(N)=O)c1ccnc2ccccc12)C(C)C.Cl.Cl. The van der Waals surface area contributed by atoms with Crippen molar-refractivity contribution in [2.75, 3.05) is 16.3 Å². The van der Waals surface area contributed by atoms with E-state index in [1.807, 2.05) is 54.6 Å². The lowest BCUT2D eigenvalue weighted by Gasteiger charge is -2.33. The van der Waals surface area contributed by atoms with Crippen LogP contribution >= 0.6 is 24.8 Å². The van der Waals surface area contributed by atoms with E-state index in [1.54, 1.807) is 11.1 Å². The lowest BCUT2D eigenvalue weighted by Crippen LogP contribution is -2.36. The number of aromatic nitrogens is 1. The second-order valence-electron chi connectivity index (χ2n) is 6.39. The van der Waals surface area contributed by atoms with Gasteiger partial charge in [0, 0.05) is 24.2 Å². The summed E-state index contributed by atoms with van der Waals surface area (Å²) in [6.45, 7) is 7.21. The number of benzene rings is 2. The Balaban J connectivity index is 0.00000196. The molecule has 0 bridgehead atoms. The molecule has 1 heterocycles. The molecule has 0 spiro atoms. The zero-order valence-corrected chi connectivity index (χ0v) is 17.8. The molecule has 5 nitrogen and oxygen atoms in total. The minimum Gasteiger partial charge on any atom is -0.368 e. The summed E-state index contributed by atoms with van der Waals surface area (Å²) in [6, 6.07) is 17.2. The molecule has 3 aromatic rings. The number of pyridine rings is 1. The molecule has 0 aliphatic carbocycles. The zero-order valence-electron chi connectivity index (χ0n) is 16.2. The summed E-state index contributed by atoms with van der Waals surface area (Å²) in [6.07, 6.45) is 1.70. The van der Waals surface area contributed by atoms with Crippen LogP contribution in [-0.4, -0.2) is 23.6 Å². The van der Waals surface area contributed by atoms with Crippen LogP contribution in [0, 0.1) is 0 Å². The largest absolute Gasteiger partial charge is 0.368 e. The Labute approximate surface area is 178 Å². The molecule has 2 amide bonds. The molecule has 0 unspecified atom stereocenters. The molecule has 0 aliphatic rings. The number of carbonyl (C=O) groups excluding carboxylic acids is 1. The fourth-order valence-electron chi connectivity index (χ4n) is 3.35. The van der Waals surface area contributed by atoms with Crippen LogP contribution in [0.3, 0.4) is 0 Å². The molecule has 150 valence electrons. The standard InChI is InChI=1S/C21H24N4O.2ClH/c1-4-24(15(2)3)19-11-7-8-12-20(19)25(21(22)26)18-13-14-23-17-10-6-5-9-16(17)18;;/h5-15H,4H2,1-3H3,(H2,22,26);2*1H. The van der Waals surface area contributed by atoms with E-state index in [-0.39, 0.29) is 24.8 Å². The molecule has 0 radical (unpaired) electrons. The van der Waals surface area contributed by atoms with Crippen molar-refractivity contribution in [1.29, 1.82) is 0 Å². The number of nitrogens with zero attached hydrogens (tertiary/aromatic N) is 3. The van der Waals surface area contributed by atoms with Gasteiger partial charge in [0.05, 0.1) is 22.6 Å². The Morgan fingerprint density at radius 1 is 0.964 bits per heavy atom. The highest BCUT2D eigenvalue weighted by molar-refractivity contribution is 6.08. The van der Waals surface area contributed by atoms with E-state index in [1.165, 1.54) is 0 Å². The van der Waals surface area contributed by atoms with E-state index in [4.69, 9.17) is 5.73 Å². The summed E-state index contributed by atoms with van der Waals surface area (Å²) in [5, 5.41) is 0.885. The monoisotopic (exact) mass is 420 g/mol. The number of halogens is 2. The number of carbonyl (C=O) groups is 1. The summed E-state index contributed by atoms with van der Waals surface area (Å²) in [7, 11) is 0. The summed E-state index contributed by atoms with van der Waals surface area (Å²) in [5.74, 6) is 0. The van der Waals surface area contributed by atoms with Crippen LogP contribution in [0.4, 0.5) is 21.9 Å². The molecule has 1 aromatic heterocycles. The minimum atomic E-state index is -0.520. The third kappa shape index (κ3) is 4.49. The quantitative estimate of drug-likeness (QED) is 0.589. The summed E-state index contributed by atoms with van der Waals surface area (Å²) in [5.41, 5.74) is 9.13. The predicted octanol–water partition coefficient (Wildman–Crippen LogP) is 5.53. The fraction of sp³-hybridized carbons (Fsp3) is 0.238. The van der Waals surface area contributed by atoms with Crippen LogP contribution in [0.1, 0.15) is 20.8 Å². The zero-order chi connectivity index (χ0) is 18.7. The lowest BCUT2D eigenvalue weighted by atomic mass is 10.1. The Hall–Kier alpha value is -2.50. The van der Waals surface area contributed by atoms with Crippen molar-refractivity contribution in [2.24, 2.45) is 5.73 Å². The first kappa shape index (κ1) is 23.5. The number of amides is 2. The number of para-hydroxylation sites is 3. The van der Waals surface area contributed by atoms with Gasteiger partial charge in [-0.1, -0.05) is 30.3 Å². The van der Waals surface area contributed by atoms with Gasteiger partial charge in [-0.2, -0.15) is 0 Å². The van der Waals surface area contributed by atoms with Crippen molar-refractivity contribution >= 4 is 58.8 Å². The van der Waals surface area contributed by atoms with Gasteiger partial charge >= 0.3 is 6.03 Å². The van der Waals surface area contributed by atoms with E-state index < -0.39 is 6.03 Å². The van der Waals surface area contributed by atoms with E-state index in [0.717, 1.165) is 34.5 Å². The van der Waals surface area contributed by atoms with Crippen LogP contribution < -0.4 is 15.5 Å². The minimum absolute atomic E-state index is 0. The smallest absolute Gasteiger partial charge is 0.323 e. The first-order valence-corrected chi connectivity index (χ1v) is 8.83. The van der Waals surface area contributed by atoms with Crippen molar-refractivity contribution in [1.82, 2.24) is 4.98 Å². The van der Waals surface area contributed by atoms with Crippen LogP contribution in [0.25, 0.3) is 10.9 Å². The number of hydrogen-bond acceptors (Lipinski definition) is 3. The molecular formula is C21H26Cl2N4O. The fourth-order valence-corrected chi connectivity index (χ4v) is 3.35. The Kier molecular flexibility index (Phi) is 8.54. The molecule has 0 saturated heterocycles. The van der Waals surface area contributed by atoms with Crippen molar-refractivity contribution in [3.05, 3.63) is 60.8 Å². The number of urea groups is 1. The predicted molar refractivity (Wildman–Crippen MR) is 123 cm³/mol. The van der Waals surface area contributed by atoms with Gasteiger partial charge in [0.25, 0.3) is 0 Å². The second kappa shape index (κ2) is 10.2. The van der Waals surface area contributed by atoms with Crippen molar-refractivity contribution in [3.8, 4) is 0 Å². The van der Waals surface area contributed by atoms with Crippen LogP contribution in [0.15, 0.2) is 60.8 Å². The van der Waals surface area contributed by atoms with Crippen molar-refractivity contribution in [2.45, 2.75) is 26.8 Å². The average molecular weight is 421 g/mol. The first-order valence-electron chi connectivity index (χ1n) is 8.83. The average Bonchev–Trinajstić information content (AvgIpc) is 2.63. The molecule has 0 saturated carbocycles. The molecule has 0 atom stereocenters. The summed E-state index contributed by atoms with van der Waals surface area (Å²) in [4.78, 5) is 20.7. The third-order valence-electron chi connectivity index (χ3n) is 4.48. The van der Waals surface area contributed by atoms with E-state index >= 15 is 0 Å². The molecule has 0 fully saturated rings. The lowest BCUT2D eigenvalue weighted by molar-refractivity contribution is 0.256. The van der Waals surface area contributed by atoms with E-state index in [2.05, 4.69) is 30.7 Å². The molecule has 2 aromatic carbocycles. The first-order chi connectivity index (χ1) is 12.5. The maximum Gasteiger partial charge on any atom is 0.323 e. The molecular weight excluding hydrogens is 395 g/mol. The second-order valence-corrected chi connectivity index (χ2v) is 6.39. The van der Waals surface area contributed by atoms with Gasteiger partial charge in [0.15, 0.2) is 0 Å². The topological polar surface area (TPSA) is 62.5 Å². The third-order valence-corrected chi connectivity index (χ3v) is 4.48. The highest BCUT2D eigenvalue weighted by atomic mass is 35.5. The number of anilines is 3. The summed E-state index contributed by atoms with van der Waals surface area (Å²) < 4.78 is 0.